The largest absolute Gasteiger partial charge is 0.457 e. The molecule has 0 aliphatic carbocycles. The summed E-state index contributed by atoms with van der Waals surface area (Å²) >= 11 is 0. The van der Waals surface area contributed by atoms with Crippen LogP contribution in [-0.4, -0.2) is 89.7 Å². The van der Waals surface area contributed by atoms with Crippen molar-refractivity contribution in [2.75, 3.05) is 39.8 Å². The number of allylic oxidation sites excluding steroid dienone is 1. The highest BCUT2D eigenvalue weighted by Crippen LogP contribution is 2.40. The molecular formula is C34H41N9O2. The first-order valence-electron chi connectivity index (χ1n) is 15.5. The van der Waals surface area contributed by atoms with Crippen molar-refractivity contribution in [3.63, 3.8) is 0 Å². The zero-order valence-corrected chi connectivity index (χ0v) is 26.4. The second-order valence-electron chi connectivity index (χ2n) is 12.3. The van der Waals surface area contributed by atoms with Gasteiger partial charge in [-0.25, -0.2) is 15.0 Å². The molecule has 2 atom stereocenters. The second-order valence-corrected chi connectivity index (χ2v) is 12.3. The van der Waals surface area contributed by atoms with E-state index in [0.717, 1.165) is 60.9 Å². The highest BCUT2D eigenvalue weighted by atomic mass is 16.5. The number of hydrazine groups is 2. The van der Waals surface area contributed by atoms with Crippen molar-refractivity contribution >= 4 is 30.1 Å². The minimum absolute atomic E-state index is 0.0614. The summed E-state index contributed by atoms with van der Waals surface area (Å²) in [5, 5.41) is 4.08. The van der Waals surface area contributed by atoms with Crippen molar-refractivity contribution in [1.29, 1.82) is 0 Å². The molecule has 1 fully saturated rings. The number of rotatable bonds is 8. The molecule has 5 aliphatic heterocycles. The molecule has 0 saturated carbocycles. The number of amidine groups is 1. The fraction of sp³-hybridized carbons (Fsp3) is 0.412. The summed E-state index contributed by atoms with van der Waals surface area (Å²) in [6, 6.07) is 5.95. The summed E-state index contributed by atoms with van der Waals surface area (Å²) in [7, 11) is 1.94. The molecule has 11 heteroatoms. The summed E-state index contributed by atoms with van der Waals surface area (Å²) in [6.07, 6.45) is 20.0. The third-order valence-electron chi connectivity index (χ3n) is 8.86. The number of piperidine rings is 1. The van der Waals surface area contributed by atoms with Crippen LogP contribution in [0.15, 0.2) is 80.7 Å². The quantitative estimate of drug-likeness (QED) is 0.345. The first kappa shape index (κ1) is 30.2. The van der Waals surface area contributed by atoms with Gasteiger partial charge in [0.05, 0.1) is 12.2 Å². The van der Waals surface area contributed by atoms with Gasteiger partial charge in [0, 0.05) is 44.5 Å². The lowest BCUT2D eigenvalue weighted by Crippen LogP contribution is -2.43. The zero-order chi connectivity index (χ0) is 31.6. The maximum atomic E-state index is 12.8. The van der Waals surface area contributed by atoms with E-state index in [1.807, 2.05) is 78.3 Å². The summed E-state index contributed by atoms with van der Waals surface area (Å²) in [5.74, 6) is 5.60. The number of hydrogen-bond donors (Lipinski definition) is 2. The molecule has 5 heterocycles. The molecule has 2 N–H and O–H groups in total. The number of fused-ring (bicyclic) bond motifs is 2. The molecule has 0 radical (unpaired) electrons. The number of amides is 1. The number of nitrogens with one attached hydrogen (secondary N) is 2. The van der Waals surface area contributed by atoms with E-state index in [-0.39, 0.29) is 5.91 Å². The van der Waals surface area contributed by atoms with Gasteiger partial charge in [0.15, 0.2) is 11.5 Å². The van der Waals surface area contributed by atoms with Crippen LogP contribution in [0.1, 0.15) is 32.3 Å². The van der Waals surface area contributed by atoms with Crippen LogP contribution in [0.3, 0.4) is 0 Å². The van der Waals surface area contributed by atoms with Gasteiger partial charge in [0.25, 0.3) is 0 Å². The predicted molar refractivity (Wildman–Crippen MR) is 177 cm³/mol. The van der Waals surface area contributed by atoms with Gasteiger partial charge < -0.3 is 9.64 Å². The molecule has 234 valence electrons. The molecule has 0 bridgehead atoms. The van der Waals surface area contributed by atoms with Crippen molar-refractivity contribution in [1.82, 2.24) is 30.7 Å². The molecular weight excluding hydrogens is 566 g/mol. The number of benzene rings is 1. The van der Waals surface area contributed by atoms with E-state index in [2.05, 4.69) is 38.7 Å². The highest BCUT2D eigenvalue weighted by molar-refractivity contribution is 6.05. The molecule has 1 saturated heterocycles. The Kier molecular flexibility index (Phi) is 8.50. The van der Waals surface area contributed by atoms with E-state index >= 15 is 0 Å². The standard InChI is InChI=1S/C34H41N9O2/c1-6-14-40(5)15-7-8-30(44)41-16-11-26(12-17-41)31-25(3)21-42-32(31)33(35-22-37-42)39-27-9-10-29(24(2)19-27)45-28-13-18-43-34(4,20-28)36-23-38-43/h1,7-10,13,18-20,22-23,25-26H,11-12,14-17,21H2,2-5H3,(H,36,38)(H,35,37,39)/b8-7+. The minimum Gasteiger partial charge on any atom is -0.457 e. The second kappa shape index (κ2) is 12.7. The van der Waals surface area contributed by atoms with E-state index in [1.54, 1.807) is 18.8 Å². The third-order valence-corrected chi connectivity index (χ3v) is 8.86. The fourth-order valence-electron chi connectivity index (χ4n) is 6.50. The van der Waals surface area contributed by atoms with Crippen LogP contribution < -0.4 is 15.6 Å². The Hall–Kier alpha value is -4.82. The molecule has 11 nitrogen and oxygen atoms in total. The summed E-state index contributed by atoms with van der Waals surface area (Å²) in [6.45, 7) is 9.83. The summed E-state index contributed by atoms with van der Waals surface area (Å²) in [4.78, 5) is 31.0. The van der Waals surface area contributed by atoms with Crippen molar-refractivity contribution in [3.8, 4) is 18.1 Å². The number of carbonyl (C=O) groups is 1. The normalized spacial score (nSPS) is 25.1. The maximum Gasteiger partial charge on any atom is 0.246 e. The lowest BCUT2D eigenvalue weighted by Gasteiger charge is -2.33. The van der Waals surface area contributed by atoms with Crippen LogP contribution in [0.25, 0.3) is 0 Å². The molecule has 1 aromatic rings. The Balaban J connectivity index is 1.15. The molecule has 1 amide bonds. The van der Waals surface area contributed by atoms with Gasteiger partial charge in [-0.15, -0.1) is 6.42 Å². The van der Waals surface area contributed by atoms with E-state index in [9.17, 15) is 4.79 Å². The number of carbonyl (C=O) groups excluding carboxylic acids is 1. The smallest absolute Gasteiger partial charge is 0.246 e. The number of hydrogen-bond acceptors (Lipinski definition) is 9. The van der Waals surface area contributed by atoms with Crippen LogP contribution in [0.4, 0.5) is 5.69 Å². The SMILES string of the molecule is C#CCN(C)C/C=C/C(=O)N1CCC(C2=C3C(=Nc4ccc(OC5=CC6(C)N=CNN6C=C5)c(C)c4)N=CNN3CC2C)CC1. The van der Waals surface area contributed by atoms with Crippen molar-refractivity contribution in [2.24, 2.45) is 26.8 Å². The van der Waals surface area contributed by atoms with Gasteiger partial charge in [-0.2, -0.15) is 0 Å². The molecule has 45 heavy (non-hydrogen) atoms. The Labute approximate surface area is 265 Å². The van der Waals surface area contributed by atoms with Gasteiger partial charge in [0.2, 0.25) is 5.91 Å². The molecule has 5 aliphatic rings. The number of terminal acetylenes is 1. The van der Waals surface area contributed by atoms with Crippen molar-refractivity contribution in [2.45, 2.75) is 39.3 Å². The van der Waals surface area contributed by atoms with Gasteiger partial charge in [-0.05, 0) is 81.0 Å². The monoisotopic (exact) mass is 607 g/mol. The van der Waals surface area contributed by atoms with E-state index in [0.29, 0.717) is 30.8 Å². The Morgan fingerprint density at radius 2 is 2.11 bits per heavy atom. The maximum absolute atomic E-state index is 12.8. The van der Waals surface area contributed by atoms with Crippen LogP contribution in [0.2, 0.25) is 0 Å². The first-order chi connectivity index (χ1) is 21.7. The van der Waals surface area contributed by atoms with E-state index < -0.39 is 5.66 Å². The van der Waals surface area contributed by atoms with Crippen LogP contribution in [-0.2, 0) is 4.79 Å². The number of likely N-dealkylation sites (N-methyl/N-ethyl adjacent to an activating group) is 1. The first-order valence-corrected chi connectivity index (χ1v) is 15.5. The van der Waals surface area contributed by atoms with Crippen molar-refractivity contribution < 1.29 is 9.53 Å². The van der Waals surface area contributed by atoms with Gasteiger partial charge in [-0.1, -0.05) is 18.9 Å². The van der Waals surface area contributed by atoms with E-state index in [1.165, 1.54) is 5.57 Å². The lowest BCUT2D eigenvalue weighted by atomic mass is 9.82. The topological polar surface area (TPSA) is 100 Å². The Bertz CT molecular complexity index is 1590. The number of aryl methyl sites for hydroxylation is 1. The molecule has 0 aromatic heterocycles. The summed E-state index contributed by atoms with van der Waals surface area (Å²) in [5.41, 5.74) is 10.1. The summed E-state index contributed by atoms with van der Waals surface area (Å²) < 4.78 is 6.25. The van der Waals surface area contributed by atoms with Crippen LogP contribution in [0.5, 0.6) is 5.75 Å². The number of likely N-dealkylation sites (tertiary alicyclic amines) is 1. The zero-order valence-electron chi connectivity index (χ0n) is 26.4. The molecule has 2 unspecified atom stereocenters. The van der Waals surface area contributed by atoms with Crippen LogP contribution in [0, 0.1) is 31.1 Å². The lowest BCUT2D eigenvalue weighted by molar-refractivity contribution is -0.127. The van der Waals surface area contributed by atoms with Gasteiger partial charge >= 0.3 is 0 Å². The Morgan fingerprint density at radius 1 is 1.29 bits per heavy atom. The van der Waals surface area contributed by atoms with E-state index in [4.69, 9.17) is 16.2 Å². The molecule has 1 aromatic carbocycles. The average Bonchev–Trinajstić information content (AvgIpc) is 3.57. The number of nitrogens with zero attached hydrogens (tertiary/aromatic N) is 7. The van der Waals surface area contributed by atoms with Gasteiger partial charge in [-0.3, -0.25) is 30.6 Å². The van der Waals surface area contributed by atoms with Crippen molar-refractivity contribution in [3.05, 3.63) is 71.3 Å². The Morgan fingerprint density at radius 3 is 2.89 bits per heavy atom. The van der Waals surface area contributed by atoms with Crippen LogP contribution >= 0.6 is 0 Å². The predicted octanol–water partition coefficient (Wildman–Crippen LogP) is 3.49. The number of aliphatic imine (C=N–C) groups is 3. The molecule has 6 rings (SSSR count). The number of ether oxygens (including phenoxy) is 1. The third kappa shape index (κ3) is 6.37. The van der Waals surface area contributed by atoms with Gasteiger partial charge in [0.1, 0.15) is 29.9 Å². The fourth-order valence-corrected chi connectivity index (χ4v) is 6.50. The molecule has 0 spiro atoms. The average molecular weight is 608 g/mol. The highest BCUT2D eigenvalue weighted by Gasteiger charge is 2.38. The minimum atomic E-state index is -0.504.